The van der Waals surface area contributed by atoms with Gasteiger partial charge in [0, 0.05) is 25.8 Å². The van der Waals surface area contributed by atoms with E-state index in [0.29, 0.717) is 45.2 Å². The third-order valence-corrected chi connectivity index (χ3v) is 7.12. The largest absolute Gasteiger partial charge is 0.445 e. The number of ether oxygens (including phenoxy) is 2. The number of nitrogens with zero attached hydrogens (tertiary/aromatic N) is 2. The zero-order valence-corrected chi connectivity index (χ0v) is 23.2. The van der Waals surface area contributed by atoms with E-state index in [2.05, 4.69) is 5.87 Å². The number of carbonyl (C=O) groups is 3. The fourth-order valence-electron chi connectivity index (χ4n) is 4.71. The van der Waals surface area contributed by atoms with E-state index in [1.807, 2.05) is 30.3 Å². The first-order chi connectivity index (χ1) is 17.3. The molecule has 0 aromatic heterocycles. The fourth-order valence-corrected chi connectivity index (χ4v) is 5.44. The molecule has 2 fully saturated rings. The number of ketones is 1. The number of hydrogen-bond acceptors (Lipinski definition) is 7. The first-order valence-electron chi connectivity index (χ1n) is 12.8. The summed E-state index contributed by atoms with van der Waals surface area (Å²) in [6.07, 6.45) is 2.62. The molecule has 206 valence electrons. The predicted molar refractivity (Wildman–Crippen MR) is 143 cm³/mol. The van der Waals surface area contributed by atoms with Crippen LogP contribution in [0.2, 0.25) is 0 Å². The number of hydrogen-bond donors (Lipinski definition) is 0. The summed E-state index contributed by atoms with van der Waals surface area (Å²) in [6.45, 7) is 6.71. The molecule has 0 aliphatic carbocycles. The van der Waals surface area contributed by atoms with E-state index < -0.39 is 33.6 Å². The van der Waals surface area contributed by atoms with Crippen LogP contribution in [0.5, 0.6) is 0 Å². The summed E-state index contributed by atoms with van der Waals surface area (Å²) >= 11 is 0. The number of carbonyl (C=O) groups excluding carboxylic acids is 3. The lowest BCUT2D eigenvalue weighted by molar-refractivity contribution is -0.127. The molecule has 3 rings (SSSR count). The summed E-state index contributed by atoms with van der Waals surface area (Å²) in [5.74, 6) is 3.63. The third-order valence-electron chi connectivity index (χ3n) is 6.45. The van der Waals surface area contributed by atoms with Gasteiger partial charge in [-0.25, -0.2) is 13.8 Å². The Balaban J connectivity index is 1.54. The molecule has 2 aliphatic rings. The smallest absolute Gasteiger partial charge is 0.410 e. The van der Waals surface area contributed by atoms with Gasteiger partial charge < -0.3 is 14.4 Å². The molecule has 2 heterocycles. The maximum Gasteiger partial charge on any atom is 0.410 e. The van der Waals surface area contributed by atoms with E-state index in [9.17, 15) is 18.6 Å². The average molecular weight is 537 g/mol. The van der Waals surface area contributed by atoms with Crippen LogP contribution in [0.15, 0.2) is 30.3 Å². The number of benzene rings is 1. The van der Waals surface area contributed by atoms with Crippen LogP contribution in [0, 0.1) is 5.92 Å². The molecule has 0 spiro atoms. The van der Waals surface area contributed by atoms with Crippen molar-refractivity contribution < 1.29 is 32.2 Å². The van der Waals surface area contributed by atoms with Crippen LogP contribution in [0.3, 0.4) is 0 Å². The summed E-state index contributed by atoms with van der Waals surface area (Å²) in [7, 11) is -2.71. The van der Waals surface area contributed by atoms with Crippen LogP contribution >= 0.6 is 0 Å². The van der Waals surface area contributed by atoms with Crippen molar-refractivity contribution in [3.8, 4) is 0 Å². The zero-order chi connectivity index (χ0) is 27.2. The van der Waals surface area contributed by atoms with Crippen LogP contribution in [0.4, 0.5) is 9.59 Å². The second-order valence-corrected chi connectivity index (χ2v) is 13.1. The molecule has 2 amide bonds. The van der Waals surface area contributed by atoms with Gasteiger partial charge in [0.1, 0.15) is 12.2 Å². The molecule has 0 saturated carbocycles. The van der Waals surface area contributed by atoms with Crippen molar-refractivity contribution in [1.82, 2.24) is 9.80 Å². The molecule has 2 saturated heterocycles. The van der Waals surface area contributed by atoms with Gasteiger partial charge in [-0.3, -0.25) is 13.9 Å². The Kier molecular flexibility index (Phi) is 9.63. The van der Waals surface area contributed by atoms with Gasteiger partial charge in [-0.05, 0) is 63.8 Å². The summed E-state index contributed by atoms with van der Waals surface area (Å²) in [5, 5.41) is 0. The van der Waals surface area contributed by atoms with Gasteiger partial charge in [0.05, 0.1) is 28.5 Å². The zero-order valence-electron chi connectivity index (χ0n) is 22.4. The SMILES string of the molecule is C=S(C)(=O)O[C@H]1CC[C@@H](C(=O)CC2CCN(C(=O)OCc3ccccc3)CC2)N(C(=O)OC(C)(C)C)C1. The monoisotopic (exact) mass is 536 g/mol. The highest BCUT2D eigenvalue weighted by molar-refractivity contribution is 7.95. The molecular weight excluding hydrogens is 496 g/mol. The molecule has 0 N–H and O–H groups in total. The third kappa shape index (κ3) is 9.34. The number of amides is 2. The van der Waals surface area contributed by atoms with E-state index in [4.69, 9.17) is 13.7 Å². The van der Waals surface area contributed by atoms with Crippen LogP contribution in [0.1, 0.15) is 58.4 Å². The number of rotatable bonds is 7. The van der Waals surface area contributed by atoms with Crippen molar-refractivity contribution in [2.45, 2.75) is 77.2 Å². The van der Waals surface area contributed by atoms with E-state index in [1.165, 1.54) is 11.2 Å². The summed E-state index contributed by atoms with van der Waals surface area (Å²) in [6, 6.07) is 8.90. The second-order valence-electron chi connectivity index (χ2n) is 11.0. The number of likely N-dealkylation sites (tertiary alicyclic amines) is 2. The minimum atomic E-state index is -2.71. The molecule has 0 radical (unpaired) electrons. The topological polar surface area (TPSA) is 102 Å². The first-order valence-corrected chi connectivity index (χ1v) is 14.8. The van der Waals surface area contributed by atoms with Gasteiger partial charge in [-0.15, -0.1) is 0 Å². The van der Waals surface area contributed by atoms with Crippen LogP contribution in [-0.4, -0.2) is 81.5 Å². The van der Waals surface area contributed by atoms with Crippen molar-refractivity contribution >= 4 is 33.6 Å². The van der Waals surface area contributed by atoms with Crippen molar-refractivity contribution in [3.63, 3.8) is 0 Å². The molecular formula is C27H40N2O7S. The maximum atomic E-state index is 13.3. The highest BCUT2D eigenvalue weighted by Crippen LogP contribution is 2.28. The van der Waals surface area contributed by atoms with Gasteiger partial charge in [-0.2, -0.15) is 0 Å². The Labute approximate surface area is 220 Å². The van der Waals surface area contributed by atoms with Crippen LogP contribution in [-0.2, 0) is 34.9 Å². The van der Waals surface area contributed by atoms with Crippen LogP contribution in [0.25, 0.3) is 0 Å². The lowest BCUT2D eigenvalue weighted by atomic mass is 9.87. The molecule has 2 aliphatic heterocycles. The lowest BCUT2D eigenvalue weighted by Gasteiger charge is -2.40. The summed E-state index contributed by atoms with van der Waals surface area (Å²) in [4.78, 5) is 41.9. The van der Waals surface area contributed by atoms with Gasteiger partial charge >= 0.3 is 12.2 Å². The first kappa shape index (κ1) is 29.0. The average Bonchev–Trinajstić information content (AvgIpc) is 2.81. The van der Waals surface area contributed by atoms with E-state index >= 15 is 0 Å². The van der Waals surface area contributed by atoms with Crippen molar-refractivity contribution in [1.29, 1.82) is 0 Å². The molecule has 37 heavy (non-hydrogen) atoms. The summed E-state index contributed by atoms with van der Waals surface area (Å²) in [5.41, 5.74) is 0.216. The molecule has 1 unspecified atom stereocenters. The quantitative estimate of drug-likeness (QED) is 0.485. The van der Waals surface area contributed by atoms with E-state index in [-0.39, 0.29) is 30.9 Å². The van der Waals surface area contributed by atoms with Gasteiger partial charge in [-0.1, -0.05) is 30.3 Å². The molecule has 1 aromatic carbocycles. The lowest BCUT2D eigenvalue weighted by Crippen LogP contribution is -2.54. The van der Waals surface area contributed by atoms with Crippen LogP contribution < -0.4 is 0 Å². The second kappa shape index (κ2) is 12.3. The molecule has 1 aromatic rings. The Morgan fingerprint density at radius 2 is 1.68 bits per heavy atom. The summed E-state index contributed by atoms with van der Waals surface area (Å²) < 4.78 is 28.6. The Morgan fingerprint density at radius 1 is 1.03 bits per heavy atom. The molecule has 10 heteroatoms. The van der Waals surface area contributed by atoms with Gasteiger partial charge in [0.15, 0.2) is 5.78 Å². The van der Waals surface area contributed by atoms with Crippen molar-refractivity contribution in [2.75, 3.05) is 25.9 Å². The van der Waals surface area contributed by atoms with Crippen molar-refractivity contribution in [2.24, 2.45) is 5.92 Å². The highest BCUT2D eigenvalue weighted by atomic mass is 32.2. The van der Waals surface area contributed by atoms with Crippen molar-refractivity contribution in [3.05, 3.63) is 35.9 Å². The standard InChI is InChI=1S/C27H40N2O7S/c1-27(2,3)35-26(32)29-18-22(36-37(4,5)33)11-12-23(29)24(30)17-20-13-15-28(16-14-20)25(31)34-19-21-9-7-6-8-10-21/h6-10,20,22-23H,4,11-19H2,1-3,5H3/t22-,23-,37?/m0/s1. The minimum absolute atomic E-state index is 0.0266. The number of piperidine rings is 2. The fraction of sp³-hybridized carbons (Fsp3) is 0.630. The Hall–Kier alpha value is -2.59. The Bertz CT molecular complexity index is 1040. The van der Waals surface area contributed by atoms with Gasteiger partial charge in [0.25, 0.3) is 0 Å². The Morgan fingerprint density at radius 3 is 2.27 bits per heavy atom. The predicted octanol–water partition coefficient (Wildman–Crippen LogP) is 4.04. The molecule has 9 nitrogen and oxygen atoms in total. The molecule has 3 atom stereocenters. The van der Waals surface area contributed by atoms with E-state index in [1.54, 1.807) is 25.7 Å². The minimum Gasteiger partial charge on any atom is -0.445 e. The maximum absolute atomic E-state index is 13.3. The van der Waals surface area contributed by atoms with Gasteiger partial charge in [0.2, 0.25) is 0 Å². The normalized spacial score (nSPS) is 22.7. The molecule has 0 bridgehead atoms. The van der Waals surface area contributed by atoms with E-state index in [0.717, 1.165) is 5.56 Å². The highest BCUT2D eigenvalue weighted by Gasteiger charge is 2.40. The number of Topliss-reactive ketones (excluding diaryl/α,β-unsaturated/α-hetero) is 1.